The van der Waals surface area contributed by atoms with Crippen molar-refractivity contribution in [1.82, 2.24) is 10.3 Å². The Kier molecular flexibility index (Phi) is 5.58. The molecule has 1 spiro atoms. The highest BCUT2D eigenvalue weighted by Gasteiger charge is 2.39. The number of piperidine rings is 1. The maximum absolute atomic E-state index is 6.63. The second-order valence-electron chi connectivity index (χ2n) is 8.32. The number of allylic oxidation sites excluding steroid dienone is 1. The van der Waals surface area contributed by atoms with E-state index >= 15 is 0 Å². The van der Waals surface area contributed by atoms with Crippen LogP contribution in [0.2, 0.25) is 0 Å². The third kappa shape index (κ3) is 4.30. The number of rotatable bonds is 5. The van der Waals surface area contributed by atoms with E-state index in [0.717, 1.165) is 54.3 Å². The molecule has 0 amide bonds. The van der Waals surface area contributed by atoms with Crippen molar-refractivity contribution in [2.24, 2.45) is 16.3 Å². The van der Waals surface area contributed by atoms with Gasteiger partial charge in [-0.15, -0.1) is 0 Å². The predicted molar refractivity (Wildman–Crippen MR) is 123 cm³/mol. The number of benzene rings is 2. The molecule has 5 nitrogen and oxygen atoms in total. The van der Waals surface area contributed by atoms with Gasteiger partial charge in [0.1, 0.15) is 0 Å². The summed E-state index contributed by atoms with van der Waals surface area (Å²) >= 11 is 0. The van der Waals surface area contributed by atoms with E-state index in [4.69, 9.17) is 10.8 Å². The minimum Gasteiger partial charge on any atom is -0.398 e. The summed E-state index contributed by atoms with van der Waals surface area (Å²) < 4.78 is 0. The summed E-state index contributed by atoms with van der Waals surface area (Å²) in [4.78, 5) is 0. The maximum Gasteiger partial charge on any atom is 0.0569 e. The molecular formula is C24H31N5. The molecule has 4 N–H and O–H groups in total. The molecular weight excluding hydrogens is 358 g/mol. The molecule has 0 aromatic heterocycles. The molecule has 0 saturated carbocycles. The molecule has 0 atom stereocenters. The molecule has 2 aliphatic rings. The van der Waals surface area contributed by atoms with Crippen molar-refractivity contribution in [3.8, 4) is 0 Å². The van der Waals surface area contributed by atoms with Crippen LogP contribution in [0.1, 0.15) is 29.5 Å². The van der Waals surface area contributed by atoms with Crippen LogP contribution in [0.15, 0.2) is 53.6 Å². The van der Waals surface area contributed by atoms with Gasteiger partial charge in [-0.2, -0.15) is 5.10 Å². The minimum absolute atomic E-state index is 0.524. The largest absolute Gasteiger partial charge is 0.398 e. The molecule has 2 aliphatic heterocycles. The van der Waals surface area contributed by atoms with E-state index < -0.39 is 0 Å². The first-order valence-electron chi connectivity index (χ1n) is 10.4. The Morgan fingerprint density at radius 1 is 1.03 bits per heavy atom. The number of hydrazone groups is 1. The number of aryl methyl sites for hydroxylation is 1. The molecule has 2 saturated heterocycles. The molecule has 0 bridgehead atoms. The zero-order valence-electron chi connectivity index (χ0n) is 17.4. The Bertz CT molecular complexity index is 882. The van der Waals surface area contributed by atoms with Gasteiger partial charge < -0.3 is 16.4 Å². The molecule has 5 heteroatoms. The van der Waals surface area contributed by atoms with Crippen LogP contribution in [0.5, 0.6) is 0 Å². The van der Waals surface area contributed by atoms with Gasteiger partial charge in [-0.3, -0.25) is 5.01 Å². The average molecular weight is 390 g/mol. The second kappa shape index (κ2) is 8.29. The van der Waals surface area contributed by atoms with E-state index in [1.165, 1.54) is 18.4 Å². The number of hydrogen-bond donors (Lipinski definition) is 3. The molecule has 2 fully saturated rings. The van der Waals surface area contributed by atoms with Gasteiger partial charge in [0.05, 0.1) is 6.21 Å². The topological polar surface area (TPSA) is 65.7 Å². The molecule has 2 aromatic carbocycles. The van der Waals surface area contributed by atoms with E-state index in [1.54, 1.807) is 0 Å². The van der Waals surface area contributed by atoms with Crippen molar-refractivity contribution < 1.29 is 0 Å². The fraction of sp³-hybridized carbons (Fsp3) is 0.375. The Morgan fingerprint density at radius 2 is 1.66 bits per heavy atom. The lowest BCUT2D eigenvalue weighted by Crippen LogP contribution is -2.57. The standard InChI is InChI=1S/C24H31N5/c1-18-3-5-19(6-4-18)22(23(25)20-7-9-21(26-2)10-8-20)15-28-29-13-11-24(12-14-29)16-27-17-24/h3-10,15,26-27H,11-14,16-17,25H2,1-2H3. The highest BCUT2D eigenvalue weighted by atomic mass is 15.4. The van der Waals surface area contributed by atoms with Crippen LogP contribution in [0, 0.1) is 12.3 Å². The first-order valence-corrected chi connectivity index (χ1v) is 10.4. The van der Waals surface area contributed by atoms with Crippen molar-refractivity contribution in [1.29, 1.82) is 0 Å². The van der Waals surface area contributed by atoms with Gasteiger partial charge in [-0.25, -0.2) is 0 Å². The number of nitrogens with one attached hydrogen (secondary N) is 2. The normalized spacial score (nSPS) is 19.2. The molecule has 2 aromatic rings. The number of nitrogens with two attached hydrogens (primary N) is 1. The van der Waals surface area contributed by atoms with Crippen molar-refractivity contribution in [3.05, 3.63) is 65.2 Å². The van der Waals surface area contributed by atoms with Gasteiger partial charge >= 0.3 is 0 Å². The van der Waals surface area contributed by atoms with Crippen molar-refractivity contribution in [2.45, 2.75) is 19.8 Å². The molecule has 4 rings (SSSR count). The van der Waals surface area contributed by atoms with Crippen LogP contribution in [0.25, 0.3) is 11.3 Å². The quantitative estimate of drug-likeness (QED) is 0.541. The van der Waals surface area contributed by atoms with Crippen LogP contribution in [-0.4, -0.2) is 44.5 Å². The summed E-state index contributed by atoms with van der Waals surface area (Å²) in [6, 6.07) is 16.7. The molecule has 0 aliphatic carbocycles. The zero-order valence-corrected chi connectivity index (χ0v) is 17.4. The lowest BCUT2D eigenvalue weighted by molar-refractivity contribution is 0.0573. The van der Waals surface area contributed by atoms with E-state index in [2.05, 4.69) is 59.0 Å². The molecule has 152 valence electrons. The molecule has 0 unspecified atom stereocenters. The first kappa shape index (κ1) is 19.5. The molecule has 29 heavy (non-hydrogen) atoms. The number of nitrogens with zero attached hydrogens (tertiary/aromatic N) is 2. The van der Waals surface area contributed by atoms with Crippen LogP contribution in [0.4, 0.5) is 5.69 Å². The zero-order chi connectivity index (χ0) is 20.3. The van der Waals surface area contributed by atoms with Crippen LogP contribution in [0.3, 0.4) is 0 Å². The van der Waals surface area contributed by atoms with Gasteiger partial charge in [-0.1, -0.05) is 42.0 Å². The summed E-state index contributed by atoms with van der Waals surface area (Å²) in [5.74, 6) is 0. The van der Waals surface area contributed by atoms with Crippen LogP contribution in [-0.2, 0) is 0 Å². The maximum atomic E-state index is 6.63. The monoisotopic (exact) mass is 389 g/mol. The van der Waals surface area contributed by atoms with E-state index in [-0.39, 0.29) is 0 Å². The van der Waals surface area contributed by atoms with Gasteiger partial charge in [0.25, 0.3) is 0 Å². The summed E-state index contributed by atoms with van der Waals surface area (Å²) in [6.45, 7) is 6.44. The first-order chi connectivity index (χ1) is 14.1. The summed E-state index contributed by atoms with van der Waals surface area (Å²) in [6.07, 6.45) is 4.37. The Morgan fingerprint density at radius 3 is 2.21 bits per heavy atom. The van der Waals surface area contributed by atoms with Gasteiger partial charge in [-0.05, 0) is 48.4 Å². The lowest BCUT2D eigenvalue weighted by atomic mass is 9.74. The second-order valence-corrected chi connectivity index (χ2v) is 8.32. The van der Waals surface area contributed by atoms with Crippen molar-refractivity contribution >= 4 is 23.2 Å². The van der Waals surface area contributed by atoms with Crippen molar-refractivity contribution in [2.75, 3.05) is 38.5 Å². The van der Waals surface area contributed by atoms with E-state index in [9.17, 15) is 0 Å². The Balaban J connectivity index is 1.60. The minimum atomic E-state index is 0.524. The summed E-state index contributed by atoms with van der Waals surface area (Å²) in [5.41, 5.74) is 13.3. The lowest BCUT2D eigenvalue weighted by Gasteiger charge is -2.47. The highest BCUT2D eigenvalue weighted by molar-refractivity contribution is 6.18. The molecule has 0 radical (unpaired) electrons. The van der Waals surface area contributed by atoms with E-state index in [0.29, 0.717) is 5.41 Å². The summed E-state index contributed by atoms with van der Waals surface area (Å²) in [5, 5.41) is 13.6. The van der Waals surface area contributed by atoms with Gasteiger partial charge in [0, 0.05) is 50.2 Å². The van der Waals surface area contributed by atoms with Crippen molar-refractivity contribution in [3.63, 3.8) is 0 Å². The van der Waals surface area contributed by atoms with Crippen LogP contribution < -0.4 is 16.4 Å². The predicted octanol–water partition coefficient (Wildman–Crippen LogP) is 3.53. The van der Waals surface area contributed by atoms with Gasteiger partial charge in [0.15, 0.2) is 0 Å². The van der Waals surface area contributed by atoms with Gasteiger partial charge in [0.2, 0.25) is 0 Å². The Labute approximate surface area is 173 Å². The summed E-state index contributed by atoms with van der Waals surface area (Å²) in [7, 11) is 1.92. The highest BCUT2D eigenvalue weighted by Crippen LogP contribution is 2.35. The van der Waals surface area contributed by atoms with Crippen LogP contribution >= 0.6 is 0 Å². The fourth-order valence-electron chi connectivity index (χ4n) is 4.06. The van der Waals surface area contributed by atoms with E-state index in [1.807, 2.05) is 25.4 Å². The number of anilines is 1. The third-order valence-electron chi connectivity index (χ3n) is 6.29. The smallest absolute Gasteiger partial charge is 0.0569 e. The molecule has 2 heterocycles. The average Bonchev–Trinajstić information content (AvgIpc) is 2.74. The fourth-order valence-corrected chi connectivity index (χ4v) is 4.06. The Hall–Kier alpha value is -2.79. The number of hydrogen-bond acceptors (Lipinski definition) is 5. The third-order valence-corrected chi connectivity index (χ3v) is 6.29. The SMILES string of the molecule is CNc1ccc(C(N)=C(C=NN2CCC3(CC2)CNC3)c2ccc(C)cc2)cc1.